The minimum absolute atomic E-state index is 0.0591. The number of hydrogen-bond donors (Lipinski definition) is 2. The van der Waals surface area contributed by atoms with Gasteiger partial charge in [-0.15, -0.1) is 0 Å². The molecular weight excluding hydrogens is 216 g/mol. The van der Waals surface area contributed by atoms with E-state index in [2.05, 4.69) is 5.32 Å². The van der Waals surface area contributed by atoms with Crippen molar-refractivity contribution in [2.75, 3.05) is 18.4 Å². The number of nitrogens with one attached hydrogen (secondary N) is 1. The van der Waals surface area contributed by atoms with Crippen LogP contribution in [0, 0.1) is 0 Å². The van der Waals surface area contributed by atoms with Crippen LogP contribution >= 0.6 is 0 Å². The van der Waals surface area contributed by atoms with Gasteiger partial charge in [0.05, 0.1) is 6.61 Å². The van der Waals surface area contributed by atoms with Crippen LogP contribution in [0.2, 0.25) is 0 Å². The van der Waals surface area contributed by atoms with E-state index < -0.39 is 0 Å². The first-order valence-electron chi connectivity index (χ1n) is 6.06. The maximum atomic E-state index is 12.0. The first kappa shape index (κ1) is 11.9. The van der Waals surface area contributed by atoms with Crippen molar-refractivity contribution in [1.29, 1.82) is 0 Å². The SMILES string of the molecule is O=C(Nc1ccccc1CO)N1CCCCC1. The summed E-state index contributed by atoms with van der Waals surface area (Å²) in [6.07, 6.45) is 3.36. The number of likely N-dealkylation sites (tertiary alicyclic amines) is 1. The zero-order valence-electron chi connectivity index (χ0n) is 9.85. The molecule has 0 saturated carbocycles. The van der Waals surface area contributed by atoms with E-state index in [1.54, 1.807) is 0 Å². The predicted molar refractivity (Wildman–Crippen MR) is 66.8 cm³/mol. The highest BCUT2D eigenvalue weighted by Gasteiger charge is 2.16. The van der Waals surface area contributed by atoms with Crippen LogP contribution in [0.5, 0.6) is 0 Å². The van der Waals surface area contributed by atoms with Crippen LogP contribution in [0.15, 0.2) is 24.3 Å². The molecule has 0 aromatic heterocycles. The molecule has 1 aromatic rings. The minimum Gasteiger partial charge on any atom is -0.392 e. The summed E-state index contributed by atoms with van der Waals surface area (Å²) in [4.78, 5) is 13.8. The summed E-state index contributed by atoms with van der Waals surface area (Å²) in [5, 5.41) is 12.0. The van der Waals surface area contributed by atoms with E-state index in [0.29, 0.717) is 5.69 Å². The van der Waals surface area contributed by atoms with Crippen LogP contribution in [0.4, 0.5) is 10.5 Å². The molecular formula is C13H18N2O2. The van der Waals surface area contributed by atoms with Gasteiger partial charge in [0, 0.05) is 24.3 Å². The number of hydrogen-bond acceptors (Lipinski definition) is 2. The highest BCUT2D eigenvalue weighted by molar-refractivity contribution is 5.90. The fraction of sp³-hybridized carbons (Fsp3) is 0.462. The summed E-state index contributed by atoms with van der Waals surface area (Å²) >= 11 is 0. The highest BCUT2D eigenvalue weighted by Crippen LogP contribution is 2.16. The van der Waals surface area contributed by atoms with Crippen LogP contribution in [-0.4, -0.2) is 29.1 Å². The van der Waals surface area contributed by atoms with E-state index in [1.165, 1.54) is 6.42 Å². The Morgan fingerprint density at radius 1 is 1.24 bits per heavy atom. The molecule has 2 rings (SSSR count). The number of benzene rings is 1. The van der Waals surface area contributed by atoms with Gasteiger partial charge in [0.15, 0.2) is 0 Å². The standard InChI is InChI=1S/C13H18N2O2/c16-10-11-6-2-3-7-12(11)14-13(17)15-8-4-1-5-9-15/h2-3,6-7,16H,1,4-5,8-10H2,(H,14,17). The van der Waals surface area contributed by atoms with Crippen LogP contribution in [0.3, 0.4) is 0 Å². The van der Waals surface area contributed by atoms with Crippen LogP contribution < -0.4 is 5.32 Å². The zero-order chi connectivity index (χ0) is 12.1. The Labute approximate surface area is 101 Å². The Kier molecular flexibility index (Phi) is 3.98. The number of nitrogens with zero attached hydrogens (tertiary/aromatic N) is 1. The first-order chi connectivity index (χ1) is 8.31. The molecule has 0 aliphatic carbocycles. The second-order valence-corrected chi connectivity index (χ2v) is 4.29. The number of piperidine rings is 1. The van der Waals surface area contributed by atoms with Gasteiger partial charge >= 0.3 is 6.03 Å². The number of para-hydroxylation sites is 1. The number of aliphatic hydroxyl groups excluding tert-OH is 1. The molecule has 0 atom stereocenters. The molecule has 0 spiro atoms. The third kappa shape index (κ3) is 2.97. The van der Waals surface area contributed by atoms with Crippen molar-refractivity contribution in [2.24, 2.45) is 0 Å². The number of urea groups is 1. The molecule has 1 aromatic carbocycles. The average molecular weight is 234 g/mol. The molecule has 4 heteroatoms. The van der Waals surface area contributed by atoms with Gasteiger partial charge in [-0.05, 0) is 25.3 Å². The zero-order valence-corrected chi connectivity index (χ0v) is 9.85. The molecule has 17 heavy (non-hydrogen) atoms. The lowest BCUT2D eigenvalue weighted by Crippen LogP contribution is -2.38. The van der Waals surface area contributed by atoms with Gasteiger partial charge in [0.25, 0.3) is 0 Å². The smallest absolute Gasteiger partial charge is 0.321 e. The van der Waals surface area contributed by atoms with E-state index in [9.17, 15) is 9.90 Å². The topological polar surface area (TPSA) is 52.6 Å². The maximum absolute atomic E-state index is 12.0. The quantitative estimate of drug-likeness (QED) is 0.824. The monoisotopic (exact) mass is 234 g/mol. The summed E-state index contributed by atoms with van der Waals surface area (Å²) in [6.45, 7) is 1.59. The molecule has 1 fully saturated rings. The van der Waals surface area contributed by atoms with E-state index >= 15 is 0 Å². The Morgan fingerprint density at radius 3 is 2.65 bits per heavy atom. The Hall–Kier alpha value is -1.55. The van der Waals surface area contributed by atoms with Crippen molar-refractivity contribution < 1.29 is 9.90 Å². The maximum Gasteiger partial charge on any atom is 0.321 e. The normalized spacial score (nSPS) is 15.7. The van der Waals surface area contributed by atoms with Crippen molar-refractivity contribution >= 4 is 11.7 Å². The molecule has 2 amide bonds. The number of anilines is 1. The molecule has 1 aliphatic rings. The fourth-order valence-corrected chi connectivity index (χ4v) is 2.07. The number of rotatable bonds is 2. The van der Waals surface area contributed by atoms with E-state index in [-0.39, 0.29) is 12.6 Å². The van der Waals surface area contributed by atoms with Gasteiger partial charge in [0.2, 0.25) is 0 Å². The third-order valence-corrected chi connectivity index (χ3v) is 3.07. The summed E-state index contributed by atoms with van der Waals surface area (Å²) in [7, 11) is 0. The van der Waals surface area contributed by atoms with Crippen LogP contribution in [-0.2, 0) is 6.61 Å². The Balaban J connectivity index is 2.01. The molecule has 1 saturated heterocycles. The largest absolute Gasteiger partial charge is 0.392 e. The highest BCUT2D eigenvalue weighted by atomic mass is 16.3. The molecule has 4 nitrogen and oxygen atoms in total. The van der Waals surface area contributed by atoms with Gasteiger partial charge in [-0.2, -0.15) is 0 Å². The number of amides is 2. The molecule has 0 radical (unpaired) electrons. The molecule has 0 unspecified atom stereocenters. The third-order valence-electron chi connectivity index (χ3n) is 3.07. The predicted octanol–water partition coefficient (Wildman–Crippen LogP) is 2.20. The number of carbonyl (C=O) groups is 1. The van der Waals surface area contributed by atoms with Crippen molar-refractivity contribution in [1.82, 2.24) is 4.90 Å². The molecule has 0 bridgehead atoms. The lowest BCUT2D eigenvalue weighted by atomic mass is 10.1. The Bertz CT molecular complexity index is 387. The van der Waals surface area contributed by atoms with Crippen molar-refractivity contribution in [3.63, 3.8) is 0 Å². The fourth-order valence-electron chi connectivity index (χ4n) is 2.07. The molecule has 92 valence electrons. The minimum atomic E-state index is -0.0643. The first-order valence-corrected chi connectivity index (χ1v) is 6.06. The van der Waals surface area contributed by atoms with Gasteiger partial charge in [-0.3, -0.25) is 0 Å². The second kappa shape index (κ2) is 5.68. The van der Waals surface area contributed by atoms with Crippen molar-refractivity contribution in [3.05, 3.63) is 29.8 Å². The van der Waals surface area contributed by atoms with Gasteiger partial charge in [-0.1, -0.05) is 18.2 Å². The average Bonchev–Trinajstić information content (AvgIpc) is 2.40. The number of carbonyl (C=O) groups excluding carboxylic acids is 1. The lowest BCUT2D eigenvalue weighted by Gasteiger charge is -2.27. The summed E-state index contributed by atoms with van der Waals surface area (Å²) < 4.78 is 0. The van der Waals surface area contributed by atoms with Crippen LogP contribution in [0.1, 0.15) is 24.8 Å². The number of aliphatic hydroxyl groups is 1. The van der Waals surface area contributed by atoms with E-state index in [1.807, 2.05) is 29.2 Å². The van der Waals surface area contributed by atoms with Gasteiger partial charge in [-0.25, -0.2) is 4.79 Å². The Morgan fingerprint density at radius 2 is 1.94 bits per heavy atom. The summed E-state index contributed by atoms with van der Waals surface area (Å²) in [6, 6.07) is 7.26. The molecule has 1 heterocycles. The lowest BCUT2D eigenvalue weighted by molar-refractivity contribution is 0.200. The summed E-state index contributed by atoms with van der Waals surface area (Å²) in [5.41, 5.74) is 1.45. The second-order valence-electron chi connectivity index (χ2n) is 4.29. The van der Waals surface area contributed by atoms with Crippen molar-refractivity contribution in [2.45, 2.75) is 25.9 Å². The van der Waals surface area contributed by atoms with E-state index in [0.717, 1.165) is 31.5 Å². The molecule has 2 N–H and O–H groups in total. The summed E-state index contributed by atoms with van der Waals surface area (Å²) in [5.74, 6) is 0. The van der Waals surface area contributed by atoms with Crippen molar-refractivity contribution in [3.8, 4) is 0 Å². The van der Waals surface area contributed by atoms with E-state index in [4.69, 9.17) is 0 Å². The van der Waals surface area contributed by atoms with Gasteiger partial charge < -0.3 is 15.3 Å². The van der Waals surface area contributed by atoms with Crippen LogP contribution in [0.25, 0.3) is 0 Å². The van der Waals surface area contributed by atoms with Gasteiger partial charge in [0.1, 0.15) is 0 Å². The molecule has 1 aliphatic heterocycles.